The summed E-state index contributed by atoms with van der Waals surface area (Å²) in [6.45, 7) is 6.91. The minimum Gasteiger partial charge on any atom is -0.296 e. The van der Waals surface area contributed by atoms with E-state index in [4.69, 9.17) is 4.98 Å². The summed E-state index contributed by atoms with van der Waals surface area (Å²) in [7, 11) is 2.13. The first-order chi connectivity index (χ1) is 11.2. The average Bonchev–Trinajstić information content (AvgIpc) is 3.16. The molecule has 23 heavy (non-hydrogen) atoms. The molecule has 0 N–H and O–H groups in total. The Hall–Kier alpha value is -1.98. The molecule has 2 heterocycles. The van der Waals surface area contributed by atoms with E-state index in [1.807, 2.05) is 16.9 Å². The van der Waals surface area contributed by atoms with E-state index < -0.39 is 0 Å². The van der Waals surface area contributed by atoms with Crippen molar-refractivity contribution in [1.82, 2.24) is 19.7 Å². The topological polar surface area (TPSA) is 34.0 Å². The molecule has 0 aliphatic carbocycles. The zero-order valence-electron chi connectivity index (χ0n) is 13.9. The van der Waals surface area contributed by atoms with Crippen molar-refractivity contribution in [1.29, 1.82) is 0 Å². The zero-order valence-corrected chi connectivity index (χ0v) is 14.7. The Morgan fingerprint density at radius 3 is 2.65 bits per heavy atom. The molecule has 0 saturated heterocycles. The van der Waals surface area contributed by atoms with Gasteiger partial charge in [-0.2, -0.15) is 5.10 Å². The van der Waals surface area contributed by atoms with E-state index in [1.165, 1.54) is 16.8 Å². The maximum Gasteiger partial charge on any atom is 0.123 e. The number of aryl methyl sites for hydroxylation is 1. The van der Waals surface area contributed by atoms with Crippen LogP contribution in [0.25, 0.3) is 10.6 Å². The second-order valence-electron chi connectivity index (χ2n) is 5.75. The Kier molecular flexibility index (Phi) is 4.88. The van der Waals surface area contributed by atoms with Crippen LogP contribution in [0.15, 0.2) is 41.9 Å². The first-order valence-corrected chi connectivity index (χ1v) is 8.75. The first kappa shape index (κ1) is 15.9. The van der Waals surface area contributed by atoms with E-state index in [0.717, 1.165) is 30.3 Å². The van der Waals surface area contributed by atoms with Crippen molar-refractivity contribution in [3.63, 3.8) is 0 Å². The number of nitrogens with zero attached hydrogens (tertiary/aromatic N) is 4. The molecule has 0 unspecified atom stereocenters. The van der Waals surface area contributed by atoms with Crippen LogP contribution in [0.2, 0.25) is 0 Å². The number of rotatable bonds is 6. The summed E-state index contributed by atoms with van der Waals surface area (Å²) in [5.74, 6) is 0. The molecular weight excluding hydrogens is 304 g/mol. The molecule has 5 heteroatoms. The van der Waals surface area contributed by atoms with E-state index in [-0.39, 0.29) is 0 Å². The van der Waals surface area contributed by atoms with Gasteiger partial charge in [0.25, 0.3) is 0 Å². The normalized spacial score (nSPS) is 11.3. The third-order valence-corrected chi connectivity index (χ3v) is 4.89. The van der Waals surface area contributed by atoms with Crippen LogP contribution < -0.4 is 0 Å². The monoisotopic (exact) mass is 326 g/mol. The third-order valence-electron chi connectivity index (χ3n) is 3.95. The summed E-state index contributed by atoms with van der Waals surface area (Å²) in [5, 5.41) is 7.66. The Morgan fingerprint density at radius 1 is 1.17 bits per heavy atom. The van der Waals surface area contributed by atoms with E-state index >= 15 is 0 Å². The number of aromatic nitrogens is 3. The Bertz CT molecular complexity index is 760. The molecule has 0 fully saturated rings. The highest BCUT2D eigenvalue weighted by Crippen LogP contribution is 2.24. The highest BCUT2D eigenvalue weighted by atomic mass is 32.1. The predicted molar refractivity (Wildman–Crippen MR) is 95.4 cm³/mol. The van der Waals surface area contributed by atoms with Crippen molar-refractivity contribution in [3.8, 4) is 10.6 Å². The van der Waals surface area contributed by atoms with Crippen molar-refractivity contribution < 1.29 is 0 Å². The minimum atomic E-state index is 0.847. The highest BCUT2D eigenvalue weighted by molar-refractivity contribution is 7.13. The largest absolute Gasteiger partial charge is 0.296 e. The number of hydrogen-bond acceptors (Lipinski definition) is 4. The molecule has 0 aliphatic rings. The van der Waals surface area contributed by atoms with Crippen molar-refractivity contribution in [3.05, 3.63) is 58.9 Å². The predicted octanol–water partition coefficient (Wildman–Crippen LogP) is 3.97. The van der Waals surface area contributed by atoms with Gasteiger partial charge in [-0.25, -0.2) is 4.98 Å². The summed E-state index contributed by atoms with van der Waals surface area (Å²) < 4.78 is 2.04. The number of thiazole rings is 1. The van der Waals surface area contributed by atoms with Gasteiger partial charge in [-0.3, -0.25) is 9.58 Å². The van der Waals surface area contributed by atoms with Crippen LogP contribution in [0.1, 0.15) is 23.9 Å². The van der Waals surface area contributed by atoms with Gasteiger partial charge in [0.05, 0.1) is 11.9 Å². The summed E-state index contributed by atoms with van der Waals surface area (Å²) >= 11 is 1.71. The summed E-state index contributed by atoms with van der Waals surface area (Å²) in [6, 6.07) is 10.3. The van der Waals surface area contributed by atoms with Gasteiger partial charge in [-0.05, 0) is 20.9 Å². The molecule has 2 aromatic heterocycles. The SMILES string of the molecule is CCn1ncc(CN(C)Cc2csc(-c3ccccc3)n2)c1C. The second kappa shape index (κ2) is 7.06. The van der Waals surface area contributed by atoms with E-state index in [0.29, 0.717) is 0 Å². The van der Waals surface area contributed by atoms with Gasteiger partial charge >= 0.3 is 0 Å². The van der Waals surface area contributed by atoms with E-state index in [1.54, 1.807) is 11.3 Å². The second-order valence-corrected chi connectivity index (χ2v) is 6.61. The first-order valence-electron chi connectivity index (χ1n) is 7.87. The molecule has 1 aromatic carbocycles. The quantitative estimate of drug-likeness (QED) is 0.687. The summed E-state index contributed by atoms with van der Waals surface area (Å²) in [5.41, 5.74) is 4.85. The van der Waals surface area contributed by atoms with Crippen molar-refractivity contribution >= 4 is 11.3 Å². The molecule has 0 bridgehead atoms. The molecule has 0 aliphatic heterocycles. The standard InChI is InChI=1S/C18H22N4S/c1-4-22-14(2)16(10-19-22)11-21(3)12-17-13-23-18(20-17)15-8-6-5-7-9-15/h5-10,13H,4,11-12H2,1-3H3. The Labute approximate surface area is 141 Å². The third kappa shape index (κ3) is 3.68. The molecule has 0 atom stereocenters. The highest BCUT2D eigenvalue weighted by Gasteiger charge is 2.10. The van der Waals surface area contributed by atoms with Crippen LogP contribution in [0.4, 0.5) is 0 Å². The fourth-order valence-electron chi connectivity index (χ4n) is 2.68. The van der Waals surface area contributed by atoms with Crippen molar-refractivity contribution in [2.24, 2.45) is 0 Å². The van der Waals surface area contributed by atoms with E-state index in [9.17, 15) is 0 Å². The average molecular weight is 326 g/mol. The van der Waals surface area contributed by atoms with Gasteiger partial charge in [-0.15, -0.1) is 11.3 Å². The van der Waals surface area contributed by atoms with Gasteiger partial charge in [-0.1, -0.05) is 30.3 Å². The van der Waals surface area contributed by atoms with Crippen LogP contribution in [-0.4, -0.2) is 26.7 Å². The molecule has 0 radical (unpaired) electrons. The van der Waals surface area contributed by atoms with Crippen LogP contribution in [-0.2, 0) is 19.6 Å². The number of hydrogen-bond donors (Lipinski definition) is 0. The Morgan fingerprint density at radius 2 is 1.96 bits per heavy atom. The summed E-state index contributed by atoms with van der Waals surface area (Å²) in [4.78, 5) is 7.05. The van der Waals surface area contributed by atoms with Crippen LogP contribution >= 0.6 is 11.3 Å². The van der Waals surface area contributed by atoms with Crippen molar-refractivity contribution in [2.45, 2.75) is 33.5 Å². The molecule has 3 rings (SSSR count). The zero-order chi connectivity index (χ0) is 16.2. The van der Waals surface area contributed by atoms with Crippen LogP contribution in [0, 0.1) is 6.92 Å². The minimum absolute atomic E-state index is 0.847. The Balaban J connectivity index is 1.65. The molecule has 3 aromatic rings. The fraction of sp³-hybridized carbons (Fsp3) is 0.333. The molecule has 120 valence electrons. The summed E-state index contributed by atoms with van der Waals surface area (Å²) in [6.07, 6.45) is 1.98. The van der Waals surface area contributed by atoms with Gasteiger partial charge in [0.2, 0.25) is 0 Å². The lowest BCUT2D eigenvalue weighted by Crippen LogP contribution is -2.18. The van der Waals surface area contributed by atoms with Crippen molar-refractivity contribution in [2.75, 3.05) is 7.05 Å². The fourth-order valence-corrected chi connectivity index (χ4v) is 3.49. The van der Waals surface area contributed by atoms with Gasteiger partial charge in [0.1, 0.15) is 5.01 Å². The lowest BCUT2D eigenvalue weighted by Gasteiger charge is -2.15. The van der Waals surface area contributed by atoms with E-state index in [2.05, 4.69) is 60.5 Å². The van der Waals surface area contributed by atoms with Gasteiger partial charge < -0.3 is 0 Å². The van der Waals surface area contributed by atoms with Crippen LogP contribution in [0.3, 0.4) is 0 Å². The smallest absolute Gasteiger partial charge is 0.123 e. The molecule has 0 amide bonds. The van der Waals surface area contributed by atoms with Gasteiger partial charge in [0.15, 0.2) is 0 Å². The molecule has 0 saturated carbocycles. The van der Waals surface area contributed by atoms with Crippen LogP contribution in [0.5, 0.6) is 0 Å². The number of benzene rings is 1. The maximum absolute atomic E-state index is 4.76. The molecular formula is C18H22N4S. The lowest BCUT2D eigenvalue weighted by molar-refractivity contribution is 0.315. The van der Waals surface area contributed by atoms with Gasteiger partial charge in [0, 0.05) is 41.8 Å². The molecule has 0 spiro atoms. The molecule has 4 nitrogen and oxygen atoms in total. The lowest BCUT2D eigenvalue weighted by atomic mass is 10.2. The maximum atomic E-state index is 4.76.